The minimum Gasteiger partial charge on any atom is -0.465 e. The molecule has 0 aromatic carbocycles. The molecule has 0 aliphatic heterocycles. The Balaban J connectivity index is 5.77. The predicted molar refractivity (Wildman–Crippen MR) is 78.1 cm³/mol. The summed E-state index contributed by atoms with van der Waals surface area (Å²) >= 11 is 0. The number of hydrogen-bond acceptors (Lipinski definition) is 8. The van der Waals surface area contributed by atoms with E-state index in [0.717, 1.165) is 6.08 Å². The third-order valence-electron chi connectivity index (χ3n) is 2.43. The van der Waals surface area contributed by atoms with Crippen molar-refractivity contribution in [3.8, 4) is 0 Å². The number of hydrogen-bond donors (Lipinski definition) is 0. The zero-order valence-corrected chi connectivity index (χ0v) is 13.7. The van der Waals surface area contributed by atoms with Crippen LogP contribution in [0.3, 0.4) is 0 Å². The second-order valence-electron chi connectivity index (χ2n) is 4.01. The van der Waals surface area contributed by atoms with Crippen LogP contribution in [0.15, 0.2) is 11.6 Å². The summed E-state index contributed by atoms with van der Waals surface area (Å²) in [5.74, 6) is -5.59. The third kappa shape index (κ3) is 6.94. The summed E-state index contributed by atoms with van der Waals surface area (Å²) < 4.78 is 19.1. The van der Waals surface area contributed by atoms with Gasteiger partial charge in [0.2, 0.25) is 0 Å². The van der Waals surface area contributed by atoms with Gasteiger partial charge in [0.1, 0.15) is 0 Å². The maximum atomic E-state index is 12.0. The Hall–Kier alpha value is -2.38. The van der Waals surface area contributed by atoms with E-state index in [4.69, 9.17) is 18.9 Å². The first-order valence-electron chi connectivity index (χ1n) is 7.31. The molecule has 0 saturated heterocycles. The molecule has 0 saturated carbocycles. The average Bonchev–Trinajstić information content (AvgIpc) is 2.47. The molecule has 0 aliphatic rings. The van der Waals surface area contributed by atoms with Gasteiger partial charge in [-0.25, -0.2) is 9.59 Å². The van der Waals surface area contributed by atoms with Gasteiger partial charge in [-0.3, -0.25) is 9.59 Å². The Bertz CT molecular complexity index is 448. The second-order valence-corrected chi connectivity index (χ2v) is 4.01. The highest BCUT2D eigenvalue weighted by molar-refractivity contribution is 6.09. The highest BCUT2D eigenvalue weighted by Gasteiger charge is 2.38. The van der Waals surface area contributed by atoms with Crippen molar-refractivity contribution in [1.82, 2.24) is 0 Å². The highest BCUT2D eigenvalue weighted by atomic mass is 16.6. The summed E-state index contributed by atoms with van der Waals surface area (Å²) in [5, 5.41) is 0. The van der Waals surface area contributed by atoms with Gasteiger partial charge in [-0.15, -0.1) is 0 Å². The first-order chi connectivity index (χ1) is 10.9. The van der Waals surface area contributed by atoms with E-state index in [1.807, 2.05) is 0 Å². The van der Waals surface area contributed by atoms with Gasteiger partial charge in [-0.05, 0) is 27.7 Å². The number of carbonyl (C=O) groups excluding carboxylic acids is 4. The van der Waals surface area contributed by atoms with Gasteiger partial charge in [0.25, 0.3) is 0 Å². The van der Waals surface area contributed by atoms with E-state index in [0.29, 0.717) is 0 Å². The Morgan fingerprint density at radius 3 is 1.57 bits per heavy atom. The van der Waals surface area contributed by atoms with E-state index in [-0.39, 0.29) is 26.4 Å². The fourth-order valence-corrected chi connectivity index (χ4v) is 1.59. The van der Waals surface area contributed by atoms with Crippen LogP contribution in [-0.2, 0) is 38.1 Å². The maximum Gasteiger partial charge on any atom is 0.335 e. The molecule has 0 fully saturated rings. The van der Waals surface area contributed by atoms with Crippen LogP contribution in [-0.4, -0.2) is 50.3 Å². The van der Waals surface area contributed by atoms with Gasteiger partial charge >= 0.3 is 23.9 Å². The van der Waals surface area contributed by atoms with Crippen molar-refractivity contribution in [2.24, 2.45) is 5.92 Å². The first kappa shape index (κ1) is 20.6. The standard InChI is InChI=1S/C15H22O8/c1-5-20-11(16)9-10(13(17)21-6-2)12(14(18)22-7-3)15(19)23-8-4/h9,12H,5-8H2,1-4H3/b10-9+. The molecule has 0 bridgehead atoms. The Labute approximate surface area is 134 Å². The molecule has 0 unspecified atom stereocenters. The van der Waals surface area contributed by atoms with Crippen molar-refractivity contribution in [3.63, 3.8) is 0 Å². The summed E-state index contributed by atoms with van der Waals surface area (Å²) in [6.45, 7) is 6.24. The van der Waals surface area contributed by atoms with Crippen molar-refractivity contribution in [3.05, 3.63) is 11.6 Å². The number of rotatable bonds is 9. The lowest BCUT2D eigenvalue weighted by Crippen LogP contribution is -2.34. The SMILES string of the molecule is CCOC(=O)/C=C(/C(=O)OCC)C(C(=O)OCC)C(=O)OCC. The minimum atomic E-state index is -1.71. The van der Waals surface area contributed by atoms with Crippen LogP contribution >= 0.6 is 0 Å². The smallest absolute Gasteiger partial charge is 0.335 e. The molecule has 130 valence electrons. The summed E-state index contributed by atoms with van der Waals surface area (Å²) in [6, 6.07) is 0. The topological polar surface area (TPSA) is 105 Å². The minimum absolute atomic E-state index is 0.00261. The van der Waals surface area contributed by atoms with Gasteiger partial charge in [0, 0.05) is 6.08 Å². The molecule has 0 aromatic rings. The van der Waals surface area contributed by atoms with Crippen LogP contribution in [0.1, 0.15) is 27.7 Å². The average molecular weight is 330 g/mol. The maximum absolute atomic E-state index is 12.0. The Morgan fingerprint density at radius 1 is 0.739 bits per heavy atom. The molecule has 0 spiro atoms. The van der Waals surface area contributed by atoms with Crippen molar-refractivity contribution in [2.75, 3.05) is 26.4 Å². The molecular weight excluding hydrogens is 308 g/mol. The van der Waals surface area contributed by atoms with Gasteiger partial charge in [-0.1, -0.05) is 0 Å². The largest absolute Gasteiger partial charge is 0.465 e. The van der Waals surface area contributed by atoms with Gasteiger partial charge in [-0.2, -0.15) is 0 Å². The summed E-state index contributed by atoms with van der Waals surface area (Å²) in [6.07, 6.45) is 0.750. The molecule has 0 radical (unpaired) electrons. The number of esters is 4. The monoisotopic (exact) mass is 330 g/mol. The summed E-state index contributed by atoms with van der Waals surface area (Å²) in [4.78, 5) is 47.7. The molecule has 0 aromatic heterocycles. The van der Waals surface area contributed by atoms with Crippen molar-refractivity contribution in [2.45, 2.75) is 27.7 Å². The van der Waals surface area contributed by atoms with E-state index in [1.165, 1.54) is 0 Å². The fourth-order valence-electron chi connectivity index (χ4n) is 1.59. The molecule has 0 rings (SSSR count). The lowest BCUT2D eigenvalue weighted by Gasteiger charge is -2.16. The lowest BCUT2D eigenvalue weighted by atomic mass is 9.98. The molecule has 0 N–H and O–H groups in total. The van der Waals surface area contributed by atoms with E-state index in [2.05, 4.69) is 0 Å². The zero-order valence-electron chi connectivity index (χ0n) is 13.7. The van der Waals surface area contributed by atoms with Gasteiger partial charge < -0.3 is 18.9 Å². The van der Waals surface area contributed by atoms with E-state index in [1.54, 1.807) is 27.7 Å². The van der Waals surface area contributed by atoms with Gasteiger partial charge in [0.05, 0.1) is 32.0 Å². The molecule has 0 amide bonds. The van der Waals surface area contributed by atoms with Crippen LogP contribution in [0.5, 0.6) is 0 Å². The van der Waals surface area contributed by atoms with Crippen LogP contribution < -0.4 is 0 Å². The third-order valence-corrected chi connectivity index (χ3v) is 2.43. The Kier molecular flexibility index (Phi) is 10.1. The molecule has 8 heteroatoms. The van der Waals surface area contributed by atoms with E-state index >= 15 is 0 Å². The lowest BCUT2D eigenvalue weighted by molar-refractivity contribution is -0.162. The van der Waals surface area contributed by atoms with Crippen LogP contribution in [0.4, 0.5) is 0 Å². The molecule has 0 heterocycles. The second kappa shape index (κ2) is 11.2. The Morgan fingerprint density at radius 2 is 1.17 bits per heavy atom. The summed E-state index contributed by atoms with van der Waals surface area (Å²) in [7, 11) is 0. The molecular formula is C15H22O8. The molecule has 0 atom stereocenters. The summed E-state index contributed by atoms with van der Waals surface area (Å²) in [5.41, 5.74) is -0.484. The van der Waals surface area contributed by atoms with E-state index in [9.17, 15) is 19.2 Å². The van der Waals surface area contributed by atoms with Crippen LogP contribution in [0, 0.1) is 5.92 Å². The van der Waals surface area contributed by atoms with Crippen molar-refractivity contribution >= 4 is 23.9 Å². The zero-order chi connectivity index (χ0) is 17.8. The number of carbonyl (C=O) groups is 4. The molecule has 0 aliphatic carbocycles. The van der Waals surface area contributed by atoms with Crippen LogP contribution in [0.2, 0.25) is 0 Å². The number of ether oxygens (including phenoxy) is 4. The van der Waals surface area contributed by atoms with Crippen molar-refractivity contribution in [1.29, 1.82) is 0 Å². The molecule has 23 heavy (non-hydrogen) atoms. The highest BCUT2D eigenvalue weighted by Crippen LogP contribution is 2.18. The van der Waals surface area contributed by atoms with Gasteiger partial charge in [0.15, 0.2) is 5.92 Å². The molecule has 8 nitrogen and oxygen atoms in total. The van der Waals surface area contributed by atoms with Crippen molar-refractivity contribution < 1.29 is 38.1 Å². The van der Waals surface area contributed by atoms with Crippen LogP contribution in [0.25, 0.3) is 0 Å². The first-order valence-corrected chi connectivity index (χ1v) is 7.31. The quantitative estimate of drug-likeness (QED) is 0.264. The predicted octanol–water partition coefficient (Wildman–Crippen LogP) is 0.781. The normalized spacial score (nSPS) is 10.9. The van der Waals surface area contributed by atoms with E-state index < -0.39 is 35.4 Å². The fraction of sp³-hybridized carbons (Fsp3) is 0.600.